The number of carbonyl (C=O) groups is 2. The number of nitrogens with zero attached hydrogens (tertiary/aromatic N) is 4. The van der Waals surface area contributed by atoms with Crippen LogP contribution in [0.15, 0.2) is 48.5 Å². The molecule has 2 aliphatic heterocycles. The molecule has 10 heteroatoms. The Morgan fingerprint density at radius 2 is 1.24 bits per heavy atom. The average Bonchev–Trinajstić information content (AvgIpc) is 2.84. The van der Waals surface area contributed by atoms with Gasteiger partial charge in [-0.05, 0) is 49.2 Å². The molecule has 37 heavy (non-hydrogen) atoms. The summed E-state index contributed by atoms with van der Waals surface area (Å²) in [6.45, 7) is 9.46. The molecule has 200 valence electrons. The van der Waals surface area contributed by atoms with Gasteiger partial charge in [0.05, 0.1) is 11.8 Å². The predicted molar refractivity (Wildman–Crippen MR) is 142 cm³/mol. The number of carboxylic acids is 1. The summed E-state index contributed by atoms with van der Waals surface area (Å²) >= 11 is 0. The quantitative estimate of drug-likeness (QED) is 0.588. The minimum Gasteiger partial charge on any atom is -0.478 e. The number of carboxylic acid groups (broad SMARTS) is 1. The van der Waals surface area contributed by atoms with E-state index in [0.717, 1.165) is 30.8 Å². The van der Waals surface area contributed by atoms with Crippen LogP contribution in [0, 0.1) is 0 Å². The molecule has 1 amide bonds. The first-order valence-corrected chi connectivity index (χ1v) is 14.5. The van der Waals surface area contributed by atoms with Gasteiger partial charge in [0, 0.05) is 70.0 Å². The van der Waals surface area contributed by atoms with Gasteiger partial charge in [-0.25, -0.2) is 13.2 Å². The number of piperazine rings is 2. The molecule has 1 N–H and O–H groups in total. The lowest BCUT2D eigenvalue weighted by Crippen LogP contribution is -2.58. The highest BCUT2D eigenvalue weighted by Crippen LogP contribution is 2.22. The number of benzene rings is 2. The van der Waals surface area contributed by atoms with Gasteiger partial charge in [-0.15, -0.1) is 0 Å². The number of hydrogen-bond donors (Lipinski definition) is 1. The van der Waals surface area contributed by atoms with E-state index in [9.17, 15) is 18.0 Å². The second-order valence-electron chi connectivity index (χ2n) is 10.2. The van der Waals surface area contributed by atoms with Gasteiger partial charge in [-0.3, -0.25) is 14.6 Å². The van der Waals surface area contributed by atoms with Crippen LogP contribution in [0.4, 0.5) is 0 Å². The first kappa shape index (κ1) is 27.3. The lowest BCUT2D eigenvalue weighted by molar-refractivity contribution is 0.0268. The maximum Gasteiger partial charge on any atom is 0.335 e. The maximum atomic E-state index is 13.4. The normalized spacial score (nSPS) is 22.2. The van der Waals surface area contributed by atoms with Crippen LogP contribution >= 0.6 is 0 Å². The summed E-state index contributed by atoms with van der Waals surface area (Å²) in [4.78, 5) is 31.0. The zero-order valence-electron chi connectivity index (χ0n) is 21.7. The van der Waals surface area contributed by atoms with E-state index in [1.54, 1.807) is 12.1 Å². The average molecular weight is 529 g/mol. The Bertz CT molecular complexity index is 1200. The van der Waals surface area contributed by atoms with Crippen molar-refractivity contribution < 1.29 is 23.1 Å². The first-order valence-electron chi connectivity index (χ1n) is 12.6. The van der Waals surface area contributed by atoms with E-state index in [4.69, 9.17) is 5.11 Å². The summed E-state index contributed by atoms with van der Waals surface area (Å²) in [7, 11) is -3.14. The summed E-state index contributed by atoms with van der Waals surface area (Å²) < 4.78 is 24.9. The molecule has 0 saturated carbocycles. The highest BCUT2D eigenvalue weighted by atomic mass is 32.2. The largest absolute Gasteiger partial charge is 0.478 e. The van der Waals surface area contributed by atoms with Crippen LogP contribution < -0.4 is 0 Å². The van der Waals surface area contributed by atoms with E-state index in [1.165, 1.54) is 10.6 Å². The molecular formula is C27H36N4O5S. The van der Waals surface area contributed by atoms with Gasteiger partial charge in [0.2, 0.25) is 10.0 Å². The van der Waals surface area contributed by atoms with Gasteiger partial charge in [0.1, 0.15) is 0 Å². The summed E-state index contributed by atoms with van der Waals surface area (Å²) in [6.07, 6.45) is 1.25. The maximum absolute atomic E-state index is 13.4. The molecule has 0 aliphatic carbocycles. The van der Waals surface area contributed by atoms with Gasteiger partial charge < -0.3 is 10.0 Å². The second-order valence-corrected chi connectivity index (χ2v) is 12.2. The van der Waals surface area contributed by atoms with Crippen LogP contribution in [-0.4, -0.2) is 102 Å². The topological polar surface area (TPSA) is 101 Å². The third-order valence-electron chi connectivity index (χ3n) is 7.24. The molecule has 2 fully saturated rings. The van der Waals surface area contributed by atoms with Crippen molar-refractivity contribution in [1.29, 1.82) is 0 Å². The molecule has 2 heterocycles. The fourth-order valence-electron chi connectivity index (χ4n) is 5.35. The van der Waals surface area contributed by atoms with Crippen molar-refractivity contribution in [2.24, 2.45) is 0 Å². The van der Waals surface area contributed by atoms with E-state index < -0.39 is 16.0 Å². The molecule has 2 saturated heterocycles. The van der Waals surface area contributed by atoms with E-state index in [0.29, 0.717) is 38.3 Å². The van der Waals surface area contributed by atoms with Crippen molar-refractivity contribution in [3.8, 4) is 0 Å². The Hall–Kier alpha value is -2.79. The van der Waals surface area contributed by atoms with Crippen LogP contribution in [0.3, 0.4) is 0 Å². The minimum atomic E-state index is -3.14. The van der Waals surface area contributed by atoms with E-state index in [-0.39, 0.29) is 23.6 Å². The molecule has 4 rings (SSSR count). The third-order valence-corrected chi connectivity index (χ3v) is 8.55. The van der Waals surface area contributed by atoms with Crippen LogP contribution in [0.25, 0.3) is 0 Å². The van der Waals surface area contributed by atoms with Crippen LogP contribution in [0.2, 0.25) is 0 Å². The van der Waals surface area contributed by atoms with Crippen molar-refractivity contribution in [2.45, 2.75) is 39.0 Å². The number of hydrogen-bond acceptors (Lipinski definition) is 6. The molecule has 2 atom stereocenters. The van der Waals surface area contributed by atoms with Gasteiger partial charge in [0.25, 0.3) is 5.91 Å². The van der Waals surface area contributed by atoms with Gasteiger partial charge in [0.15, 0.2) is 0 Å². The summed E-state index contributed by atoms with van der Waals surface area (Å²) in [5, 5.41) is 9.09. The zero-order valence-corrected chi connectivity index (χ0v) is 22.5. The first-order chi connectivity index (χ1) is 17.5. The number of aromatic carboxylic acids is 1. The number of sulfonamides is 1. The molecular weight excluding hydrogens is 492 g/mol. The molecule has 2 aliphatic rings. The lowest BCUT2D eigenvalue weighted by Gasteiger charge is -2.44. The van der Waals surface area contributed by atoms with Crippen LogP contribution in [0.1, 0.15) is 45.7 Å². The van der Waals surface area contributed by atoms with Crippen molar-refractivity contribution in [3.05, 3.63) is 70.8 Å². The van der Waals surface area contributed by atoms with Crippen molar-refractivity contribution >= 4 is 21.9 Å². The predicted octanol–water partition coefficient (Wildman–Crippen LogP) is 2.20. The van der Waals surface area contributed by atoms with E-state index >= 15 is 0 Å². The van der Waals surface area contributed by atoms with Gasteiger partial charge in [-0.2, -0.15) is 4.31 Å². The van der Waals surface area contributed by atoms with E-state index in [2.05, 4.69) is 23.6 Å². The fraction of sp³-hybridized carbons (Fsp3) is 0.481. The smallest absolute Gasteiger partial charge is 0.335 e. The van der Waals surface area contributed by atoms with Crippen molar-refractivity contribution in [2.75, 3.05) is 45.5 Å². The molecule has 0 spiro atoms. The fourth-order valence-corrected chi connectivity index (χ4v) is 6.18. The third kappa shape index (κ3) is 6.75. The Morgan fingerprint density at radius 1 is 0.784 bits per heavy atom. The number of rotatable bonds is 7. The molecule has 2 aromatic rings. The highest BCUT2D eigenvalue weighted by Gasteiger charge is 2.33. The Labute approximate surface area is 219 Å². The van der Waals surface area contributed by atoms with E-state index in [1.807, 2.05) is 41.3 Å². The minimum absolute atomic E-state index is 0.0266. The second kappa shape index (κ2) is 11.3. The molecule has 0 bridgehead atoms. The van der Waals surface area contributed by atoms with Crippen LogP contribution in [0.5, 0.6) is 0 Å². The molecule has 2 aromatic carbocycles. The highest BCUT2D eigenvalue weighted by molar-refractivity contribution is 7.88. The Balaban J connectivity index is 1.32. The number of amides is 1. The molecule has 9 nitrogen and oxygen atoms in total. The van der Waals surface area contributed by atoms with Gasteiger partial charge >= 0.3 is 5.97 Å². The lowest BCUT2D eigenvalue weighted by atomic mass is 10.0. The summed E-state index contributed by atoms with van der Waals surface area (Å²) in [5.41, 5.74) is 3.10. The monoisotopic (exact) mass is 528 g/mol. The summed E-state index contributed by atoms with van der Waals surface area (Å²) in [5.74, 6) is -0.903. The van der Waals surface area contributed by atoms with Crippen molar-refractivity contribution in [3.63, 3.8) is 0 Å². The molecule has 0 aromatic heterocycles. The van der Waals surface area contributed by atoms with Gasteiger partial charge in [-0.1, -0.05) is 24.3 Å². The number of carbonyl (C=O) groups excluding carboxylic acids is 1. The zero-order chi connectivity index (χ0) is 26.7. The standard InChI is InChI=1S/C27H36N4O5S/c1-20-16-29(19-23-6-10-25(11-7-23)27(33)34)17-21(2)31(20)26(32)24-8-4-22(5-9-24)18-28-12-14-30(15-13-28)37(3,35)36/h4-11,20-21H,12-19H2,1-3H3,(H,33,34)/t20-,21+. The Kier molecular flexibility index (Phi) is 8.33. The molecule has 0 unspecified atom stereocenters. The molecule has 0 radical (unpaired) electrons. The van der Waals surface area contributed by atoms with Crippen LogP contribution in [-0.2, 0) is 23.1 Å². The summed E-state index contributed by atoms with van der Waals surface area (Å²) in [6, 6.07) is 14.8. The Morgan fingerprint density at radius 3 is 1.70 bits per heavy atom. The van der Waals surface area contributed by atoms with Crippen molar-refractivity contribution in [1.82, 2.24) is 19.0 Å². The SMILES string of the molecule is C[C@@H]1CN(Cc2ccc(C(=O)O)cc2)C[C@H](C)N1C(=O)c1ccc(CN2CCN(S(C)(=O)=O)CC2)cc1.